The van der Waals surface area contributed by atoms with Crippen molar-refractivity contribution in [1.82, 2.24) is 9.97 Å². The smallest absolute Gasteiger partial charge is 0.274 e. The Labute approximate surface area is 155 Å². The van der Waals surface area contributed by atoms with Gasteiger partial charge in [0.2, 0.25) is 0 Å². The topological polar surface area (TPSA) is 70.2 Å². The summed E-state index contributed by atoms with van der Waals surface area (Å²) in [5, 5.41) is 6.03. The molecule has 1 aromatic carbocycles. The Bertz CT molecular complexity index is 784. The molecule has 138 valence electrons. The molecule has 2 rings (SSSR count). The molecule has 1 amide bonds. The summed E-state index contributed by atoms with van der Waals surface area (Å²) in [4.78, 5) is 23.4. The zero-order valence-corrected chi connectivity index (χ0v) is 16.0. The second-order valence-corrected chi connectivity index (χ2v) is 5.98. The lowest BCUT2D eigenvalue weighted by molar-refractivity contribution is 0.102. The number of anilines is 3. The fourth-order valence-electron chi connectivity index (χ4n) is 2.71. The van der Waals surface area contributed by atoms with E-state index in [9.17, 15) is 4.79 Å². The lowest BCUT2D eigenvalue weighted by Crippen LogP contribution is -2.22. The highest BCUT2D eigenvalue weighted by molar-refractivity contribution is 6.03. The molecule has 0 atom stereocenters. The molecule has 0 aliphatic rings. The van der Waals surface area contributed by atoms with Gasteiger partial charge in [-0.1, -0.05) is 6.08 Å². The first kappa shape index (κ1) is 19.4. The van der Waals surface area contributed by atoms with E-state index in [0.717, 1.165) is 30.0 Å². The molecule has 0 unspecified atom stereocenters. The van der Waals surface area contributed by atoms with Crippen molar-refractivity contribution >= 4 is 23.1 Å². The molecule has 0 aliphatic heterocycles. The monoisotopic (exact) mass is 353 g/mol. The minimum Gasteiger partial charge on any atom is -0.372 e. The molecule has 0 fully saturated rings. The first-order chi connectivity index (χ1) is 12.5. The van der Waals surface area contributed by atoms with Gasteiger partial charge in [0.1, 0.15) is 17.3 Å². The molecule has 0 radical (unpaired) electrons. The lowest BCUT2D eigenvalue weighted by Gasteiger charge is -2.22. The highest BCUT2D eigenvalue weighted by Gasteiger charge is 2.13. The predicted molar refractivity (Wildman–Crippen MR) is 108 cm³/mol. The van der Waals surface area contributed by atoms with E-state index in [2.05, 4.69) is 52.0 Å². The number of carbonyl (C=O) groups is 1. The van der Waals surface area contributed by atoms with Crippen LogP contribution < -0.4 is 15.5 Å². The predicted octanol–water partition coefficient (Wildman–Crippen LogP) is 3.79. The van der Waals surface area contributed by atoms with Crippen molar-refractivity contribution in [1.29, 1.82) is 0 Å². The van der Waals surface area contributed by atoms with Crippen molar-refractivity contribution in [2.24, 2.45) is 0 Å². The number of aryl methyl sites for hydroxylation is 2. The summed E-state index contributed by atoms with van der Waals surface area (Å²) in [5.74, 6) is 0.893. The van der Waals surface area contributed by atoms with Crippen LogP contribution in [0, 0.1) is 13.8 Å². The third-order valence-corrected chi connectivity index (χ3v) is 4.08. The van der Waals surface area contributed by atoms with E-state index in [1.807, 2.05) is 19.1 Å². The van der Waals surface area contributed by atoms with Crippen LogP contribution in [0.5, 0.6) is 0 Å². The number of aromatic nitrogens is 2. The summed E-state index contributed by atoms with van der Waals surface area (Å²) in [6, 6.07) is 7.69. The molecular formula is C20H27N5O. The van der Waals surface area contributed by atoms with Gasteiger partial charge < -0.3 is 15.5 Å². The number of nitrogens with one attached hydrogen (secondary N) is 2. The molecule has 0 spiro atoms. The highest BCUT2D eigenvalue weighted by Crippen LogP contribution is 2.23. The molecule has 2 N–H and O–H groups in total. The van der Waals surface area contributed by atoms with Gasteiger partial charge in [-0.2, -0.15) is 0 Å². The Morgan fingerprint density at radius 3 is 2.54 bits per heavy atom. The minimum absolute atomic E-state index is 0.254. The number of hydrogen-bond donors (Lipinski definition) is 2. The van der Waals surface area contributed by atoms with Crippen LogP contribution in [0.1, 0.15) is 35.7 Å². The van der Waals surface area contributed by atoms with Crippen LogP contribution >= 0.6 is 0 Å². The first-order valence-electron chi connectivity index (χ1n) is 8.85. The van der Waals surface area contributed by atoms with Crippen molar-refractivity contribution in [2.45, 2.75) is 27.7 Å². The van der Waals surface area contributed by atoms with Gasteiger partial charge in [-0.3, -0.25) is 4.79 Å². The maximum Gasteiger partial charge on any atom is 0.274 e. The maximum atomic E-state index is 12.6. The Hall–Kier alpha value is -2.89. The standard InChI is InChI=1S/C20H27N5O/c1-6-11-21-19-13-18(22-15(5)23-19)20(26)24-17-10-9-16(12-14(17)4)25(7-2)8-3/h6,9-10,12-13H,1,7-8,11H2,2-5H3,(H,24,26)(H,21,22,23). The van der Waals surface area contributed by atoms with Crippen molar-refractivity contribution in [3.63, 3.8) is 0 Å². The lowest BCUT2D eigenvalue weighted by atomic mass is 10.1. The van der Waals surface area contributed by atoms with Gasteiger partial charge in [-0.15, -0.1) is 6.58 Å². The summed E-state index contributed by atoms with van der Waals surface area (Å²) < 4.78 is 0. The van der Waals surface area contributed by atoms with Crippen LogP contribution in [-0.4, -0.2) is 35.5 Å². The van der Waals surface area contributed by atoms with E-state index in [1.54, 1.807) is 19.1 Å². The van der Waals surface area contributed by atoms with E-state index in [-0.39, 0.29) is 5.91 Å². The summed E-state index contributed by atoms with van der Waals surface area (Å²) in [6.45, 7) is 14.1. The third kappa shape index (κ3) is 4.81. The van der Waals surface area contributed by atoms with Crippen molar-refractivity contribution in [3.8, 4) is 0 Å². The Balaban J connectivity index is 2.19. The van der Waals surface area contributed by atoms with Crippen LogP contribution in [0.2, 0.25) is 0 Å². The molecule has 26 heavy (non-hydrogen) atoms. The average Bonchev–Trinajstić information content (AvgIpc) is 2.62. The van der Waals surface area contributed by atoms with Crippen molar-refractivity contribution < 1.29 is 4.79 Å². The molecule has 6 nitrogen and oxygen atoms in total. The maximum absolute atomic E-state index is 12.6. The molecule has 0 saturated heterocycles. The Morgan fingerprint density at radius 1 is 1.19 bits per heavy atom. The van der Waals surface area contributed by atoms with Crippen LogP contribution in [0.15, 0.2) is 36.9 Å². The fourth-order valence-corrected chi connectivity index (χ4v) is 2.71. The van der Waals surface area contributed by atoms with Crippen LogP contribution in [-0.2, 0) is 0 Å². The zero-order valence-electron chi connectivity index (χ0n) is 16.0. The number of hydrogen-bond acceptors (Lipinski definition) is 5. The zero-order chi connectivity index (χ0) is 19.1. The van der Waals surface area contributed by atoms with Gasteiger partial charge in [-0.05, 0) is 51.5 Å². The SMILES string of the molecule is C=CCNc1cc(C(=O)Nc2ccc(N(CC)CC)cc2C)nc(C)n1. The van der Waals surface area contributed by atoms with Gasteiger partial charge >= 0.3 is 0 Å². The highest BCUT2D eigenvalue weighted by atomic mass is 16.1. The molecule has 1 aromatic heterocycles. The van der Waals surface area contributed by atoms with E-state index in [4.69, 9.17) is 0 Å². The molecule has 2 aromatic rings. The molecule has 0 aliphatic carbocycles. The molecule has 0 bridgehead atoms. The second-order valence-electron chi connectivity index (χ2n) is 5.98. The van der Waals surface area contributed by atoms with Crippen LogP contribution in [0.25, 0.3) is 0 Å². The van der Waals surface area contributed by atoms with Crippen molar-refractivity contribution in [2.75, 3.05) is 35.2 Å². The molecular weight excluding hydrogens is 326 g/mol. The average molecular weight is 353 g/mol. The number of nitrogens with zero attached hydrogens (tertiary/aromatic N) is 3. The Kier molecular flexibility index (Phi) is 6.72. The van der Waals surface area contributed by atoms with Gasteiger partial charge in [0.05, 0.1) is 0 Å². The number of rotatable bonds is 8. The number of carbonyl (C=O) groups excluding carboxylic acids is 1. The largest absolute Gasteiger partial charge is 0.372 e. The van der Waals surface area contributed by atoms with E-state index in [1.165, 1.54) is 0 Å². The second kappa shape index (κ2) is 8.99. The number of amides is 1. The summed E-state index contributed by atoms with van der Waals surface area (Å²) in [7, 11) is 0. The summed E-state index contributed by atoms with van der Waals surface area (Å²) in [6.07, 6.45) is 1.73. The fraction of sp³-hybridized carbons (Fsp3) is 0.350. The van der Waals surface area contributed by atoms with E-state index >= 15 is 0 Å². The minimum atomic E-state index is -0.254. The van der Waals surface area contributed by atoms with Gasteiger partial charge in [0, 0.05) is 37.1 Å². The quantitative estimate of drug-likeness (QED) is 0.707. The Morgan fingerprint density at radius 2 is 1.92 bits per heavy atom. The summed E-state index contributed by atoms with van der Waals surface area (Å²) in [5.41, 5.74) is 3.27. The van der Waals surface area contributed by atoms with Crippen molar-refractivity contribution in [3.05, 3.63) is 54.0 Å². The normalized spacial score (nSPS) is 10.3. The summed E-state index contributed by atoms with van der Waals surface area (Å²) >= 11 is 0. The first-order valence-corrected chi connectivity index (χ1v) is 8.85. The van der Waals surface area contributed by atoms with Gasteiger partial charge in [-0.25, -0.2) is 9.97 Å². The van der Waals surface area contributed by atoms with Crippen LogP contribution in [0.4, 0.5) is 17.2 Å². The van der Waals surface area contributed by atoms with Gasteiger partial charge in [0.15, 0.2) is 0 Å². The third-order valence-electron chi connectivity index (χ3n) is 4.08. The van der Waals surface area contributed by atoms with Gasteiger partial charge in [0.25, 0.3) is 5.91 Å². The van der Waals surface area contributed by atoms with Crippen LogP contribution in [0.3, 0.4) is 0 Å². The molecule has 1 heterocycles. The number of benzene rings is 1. The molecule has 0 saturated carbocycles. The molecule has 6 heteroatoms. The van der Waals surface area contributed by atoms with E-state index < -0.39 is 0 Å². The van der Waals surface area contributed by atoms with E-state index in [0.29, 0.717) is 23.9 Å².